The van der Waals surface area contributed by atoms with Gasteiger partial charge >= 0.3 is 12.0 Å². The summed E-state index contributed by atoms with van der Waals surface area (Å²) in [6.07, 6.45) is -0.0974. The van der Waals surface area contributed by atoms with Gasteiger partial charge in [0, 0.05) is 23.6 Å². The highest BCUT2D eigenvalue weighted by Gasteiger charge is 2.27. The second-order valence-electron chi connectivity index (χ2n) is 5.04. The van der Waals surface area contributed by atoms with Crippen molar-refractivity contribution in [2.45, 2.75) is 39.7 Å². The number of aryl methyl sites for hydroxylation is 1. The van der Waals surface area contributed by atoms with E-state index in [1.54, 1.807) is 6.92 Å². The molecule has 0 atom stereocenters. The first-order valence-electron chi connectivity index (χ1n) is 5.81. The fraction of sp³-hybridized carbons (Fsp3) is 0.636. The van der Waals surface area contributed by atoms with Crippen molar-refractivity contribution < 1.29 is 14.7 Å². The molecule has 2 amide bonds. The molecule has 0 bridgehead atoms. The van der Waals surface area contributed by atoms with E-state index in [4.69, 9.17) is 5.11 Å². The van der Waals surface area contributed by atoms with Gasteiger partial charge in [-0.25, -0.2) is 9.78 Å². The Balaban J connectivity index is 2.74. The average Bonchev–Trinajstić information content (AvgIpc) is 2.61. The van der Waals surface area contributed by atoms with Crippen LogP contribution in [-0.2, 0) is 4.79 Å². The Kier molecular flexibility index (Phi) is 4.82. The van der Waals surface area contributed by atoms with Gasteiger partial charge in [-0.15, -0.1) is 0 Å². The van der Waals surface area contributed by atoms with Crippen molar-refractivity contribution in [1.29, 1.82) is 0 Å². The van der Waals surface area contributed by atoms with Crippen LogP contribution in [0.2, 0.25) is 0 Å². The highest BCUT2D eigenvalue weighted by molar-refractivity contribution is 7.09. The van der Waals surface area contributed by atoms with Crippen LogP contribution >= 0.6 is 11.5 Å². The quantitative estimate of drug-likeness (QED) is 0.882. The molecule has 7 nitrogen and oxygen atoms in total. The highest BCUT2D eigenvalue weighted by atomic mass is 32.1. The topological polar surface area (TPSA) is 95.4 Å². The minimum Gasteiger partial charge on any atom is -0.481 e. The van der Waals surface area contributed by atoms with E-state index >= 15 is 0 Å². The van der Waals surface area contributed by atoms with Crippen molar-refractivity contribution in [3.63, 3.8) is 0 Å². The number of rotatable bonds is 4. The summed E-state index contributed by atoms with van der Waals surface area (Å²) in [5, 5.41) is 11.8. The lowest BCUT2D eigenvalue weighted by Crippen LogP contribution is -2.48. The molecule has 0 aromatic carbocycles. The summed E-state index contributed by atoms with van der Waals surface area (Å²) < 4.78 is 3.97. The Hall–Kier alpha value is -1.70. The fourth-order valence-electron chi connectivity index (χ4n) is 1.46. The molecule has 0 fully saturated rings. The van der Waals surface area contributed by atoms with Gasteiger partial charge in [-0.3, -0.25) is 10.1 Å². The zero-order valence-corrected chi connectivity index (χ0v) is 12.2. The van der Waals surface area contributed by atoms with Gasteiger partial charge < -0.3 is 10.0 Å². The van der Waals surface area contributed by atoms with Crippen LogP contribution in [0.25, 0.3) is 0 Å². The zero-order chi connectivity index (χ0) is 14.6. The number of carbonyl (C=O) groups is 2. The number of urea groups is 1. The molecular weight excluding hydrogens is 268 g/mol. The highest BCUT2D eigenvalue weighted by Crippen LogP contribution is 2.17. The standard InChI is InChI=1S/C11H18N4O3S/c1-7-12-9(19-14-7)13-10(18)15(11(2,3)4)6-5-8(16)17/h5-6H2,1-4H3,(H,16,17)(H,12,13,14,18). The smallest absolute Gasteiger partial charge is 0.324 e. The van der Waals surface area contributed by atoms with Crippen molar-refractivity contribution in [1.82, 2.24) is 14.3 Å². The van der Waals surface area contributed by atoms with E-state index in [1.165, 1.54) is 4.90 Å². The van der Waals surface area contributed by atoms with E-state index < -0.39 is 11.5 Å². The van der Waals surface area contributed by atoms with Crippen LogP contribution in [0.3, 0.4) is 0 Å². The molecule has 0 aliphatic rings. The van der Waals surface area contributed by atoms with Gasteiger partial charge in [-0.2, -0.15) is 4.37 Å². The monoisotopic (exact) mass is 286 g/mol. The molecule has 1 rings (SSSR count). The summed E-state index contributed by atoms with van der Waals surface area (Å²) in [7, 11) is 0. The predicted octanol–water partition coefficient (Wildman–Crippen LogP) is 1.95. The van der Waals surface area contributed by atoms with Gasteiger partial charge in [-0.05, 0) is 27.7 Å². The second-order valence-corrected chi connectivity index (χ2v) is 5.79. The van der Waals surface area contributed by atoms with Gasteiger partial charge in [-0.1, -0.05) is 0 Å². The van der Waals surface area contributed by atoms with Crippen LogP contribution in [0.5, 0.6) is 0 Å². The maximum atomic E-state index is 12.1. The molecule has 106 valence electrons. The minimum atomic E-state index is -0.936. The number of aromatic nitrogens is 2. The number of anilines is 1. The van der Waals surface area contributed by atoms with E-state index in [2.05, 4.69) is 14.7 Å². The number of carboxylic acid groups (broad SMARTS) is 1. The van der Waals surface area contributed by atoms with Crippen molar-refractivity contribution in [2.24, 2.45) is 0 Å². The average molecular weight is 286 g/mol. The summed E-state index contributed by atoms with van der Waals surface area (Å²) in [5.41, 5.74) is -0.473. The molecule has 1 heterocycles. The molecule has 0 aliphatic heterocycles. The number of hydrogen-bond donors (Lipinski definition) is 2. The molecule has 2 N–H and O–H groups in total. The van der Waals surface area contributed by atoms with E-state index in [9.17, 15) is 9.59 Å². The van der Waals surface area contributed by atoms with Gasteiger partial charge in [0.1, 0.15) is 5.82 Å². The van der Waals surface area contributed by atoms with Crippen molar-refractivity contribution >= 4 is 28.7 Å². The summed E-state index contributed by atoms with van der Waals surface area (Å²) in [6, 6.07) is -0.370. The Labute approximate surface area is 115 Å². The normalized spacial score (nSPS) is 11.2. The van der Waals surface area contributed by atoms with Gasteiger partial charge in [0.15, 0.2) is 0 Å². The molecule has 0 radical (unpaired) electrons. The summed E-state index contributed by atoms with van der Waals surface area (Å²) in [6.45, 7) is 7.42. The maximum absolute atomic E-state index is 12.1. The Morgan fingerprint density at radius 1 is 1.42 bits per heavy atom. The number of hydrogen-bond acceptors (Lipinski definition) is 5. The predicted molar refractivity (Wildman–Crippen MR) is 72.4 cm³/mol. The molecule has 0 spiro atoms. The van der Waals surface area contributed by atoms with Crippen LogP contribution in [-0.4, -0.2) is 43.4 Å². The Morgan fingerprint density at radius 2 is 2.05 bits per heavy atom. The number of aliphatic carboxylic acids is 1. The first-order valence-corrected chi connectivity index (χ1v) is 6.58. The van der Waals surface area contributed by atoms with Crippen LogP contribution in [0, 0.1) is 6.92 Å². The van der Waals surface area contributed by atoms with Gasteiger partial charge in [0.05, 0.1) is 6.42 Å². The van der Waals surface area contributed by atoms with E-state index in [1.807, 2.05) is 20.8 Å². The number of nitrogens with one attached hydrogen (secondary N) is 1. The largest absolute Gasteiger partial charge is 0.481 e. The first kappa shape index (κ1) is 15.4. The number of amides is 2. The molecule has 0 saturated heterocycles. The van der Waals surface area contributed by atoms with Crippen LogP contribution in [0.1, 0.15) is 33.0 Å². The van der Waals surface area contributed by atoms with Gasteiger partial charge in [0.2, 0.25) is 5.13 Å². The van der Waals surface area contributed by atoms with Crippen LogP contribution in [0.15, 0.2) is 0 Å². The number of carbonyl (C=O) groups excluding carboxylic acids is 1. The van der Waals surface area contributed by atoms with E-state index in [0.717, 1.165) is 11.5 Å². The second kappa shape index (κ2) is 5.96. The molecule has 19 heavy (non-hydrogen) atoms. The fourth-order valence-corrected chi connectivity index (χ4v) is 2.02. The Bertz CT molecular complexity index is 467. The summed E-state index contributed by atoms with van der Waals surface area (Å²) in [5.74, 6) is -0.345. The third-order valence-corrected chi connectivity index (χ3v) is 3.07. The number of carboxylic acids is 1. The van der Waals surface area contributed by atoms with Crippen LogP contribution < -0.4 is 5.32 Å². The molecule has 0 unspecified atom stereocenters. The van der Waals surface area contributed by atoms with Crippen molar-refractivity contribution in [3.05, 3.63) is 5.82 Å². The lowest BCUT2D eigenvalue weighted by molar-refractivity contribution is -0.137. The van der Waals surface area contributed by atoms with Crippen LogP contribution in [0.4, 0.5) is 9.93 Å². The van der Waals surface area contributed by atoms with Crippen molar-refractivity contribution in [3.8, 4) is 0 Å². The zero-order valence-electron chi connectivity index (χ0n) is 11.4. The lowest BCUT2D eigenvalue weighted by Gasteiger charge is -2.35. The third-order valence-electron chi connectivity index (χ3n) is 2.35. The first-order chi connectivity index (χ1) is 8.70. The molecular formula is C11H18N4O3S. The number of nitrogens with zero attached hydrogens (tertiary/aromatic N) is 3. The molecule has 0 saturated carbocycles. The minimum absolute atomic E-state index is 0.0974. The van der Waals surface area contributed by atoms with E-state index in [-0.39, 0.29) is 19.0 Å². The SMILES string of the molecule is Cc1nsc(NC(=O)N(CCC(=O)O)C(C)(C)C)n1. The van der Waals surface area contributed by atoms with E-state index in [0.29, 0.717) is 11.0 Å². The molecule has 8 heteroatoms. The summed E-state index contributed by atoms with van der Waals surface area (Å²) in [4.78, 5) is 28.3. The van der Waals surface area contributed by atoms with Crippen molar-refractivity contribution in [2.75, 3.05) is 11.9 Å². The third kappa shape index (κ3) is 4.82. The Morgan fingerprint density at radius 3 is 2.47 bits per heavy atom. The summed E-state index contributed by atoms with van der Waals surface area (Å²) >= 11 is 1.09. The van der Waals surface area contributed by atoms with Gasteiger partial charge in [0.25, 0.3) is 0 Å². The maximum Gasteiger partial charge on any atom is 0.324 e. The molecule has 0 aliphatic carbocycles. The molecule has 1 aromatic heterocycles. The molecule has 1 aromatic rings. The lowest BCUT2D eigenvalue weighted by atomic mass is 10.1.